The molecule has 1 aromatic heterocycles. The molecule has 0 saturated heterocycles. The molecule has 4 heteroatoms. The highest BCUT2D eigenvalue weighted by molar-refractivity contribution is 7.10. The number of nitrogens with one attached hydrogen (secondary N) is 1. The van der Waals surface area contributed by atoms with Gasteiger partial charge in [0.25, 0.3) is 0 Å². The van der Waals surface area contributed by atoms with Gasteiger partial charge < -0.3 is 4.74 Å². The number of methoxy groups -OCH3 is 1. The minimum Gasteiger partial charge on any atom is -0.496 e. The van der Waals surface area contributed by atoms with Crippen LogP contribution < -0.4 is 16.0 Å². The summed E-state index contributed by atoms with van der Waals surface area (Å²) < 4.78 is 5.12. The fourth-order valence-corrected chi connectivity index (χ4v) is 2.29. The van der Waals surface area contributed by atoms with E-state index in [1.54, 1.807) is 18.4 Å². The Bertz CT molecular complexity index is 330. The Kier molecular flexibility index (Phi) is 5.19. The number of terminal acetylenes is 1. The molecule has 0 amide bonds. The lowest BCUT2D eigenvalue weighted by molar-refractivity contribution is 0.415. The molecule has 15 heavy (non-hydrogen) atoms. The monoisotopic (exact) mass is 224 g/mol. The third kappa shape index (κ3) is 3.56. The molecule has 0 aliphatic heterocycles. The minimum atomic E-state index is 0.173. The summed E-state index contributed by atoms with van der Waals surface area (Å²) in [6.45, 7) is 0. The highest BCUT2D eigenvalue weighted by Gasteiger charge is 2.11. The van der Waals surface area contributed by atoms with E-state index >= 15 is 0 Å². The van der Waals surface area contributed by atoms with Gasteiger partial charge in [0.2, 0.25) is 0 Å². The summed E-state index contributed by atoms with van der Waals surface area (Å²) in [5.41, 5.74) is 2.80. The molecular formula is C11H16N2OS. The Morgan fingerprint density at radius 1 is 1.73 bits per heavy atom. The van der Waals surface area contributed by atoms with Crippen molar-refractivity contribution in [2.45, 2.75) is 25.3 Å². The van der Waals surface area contributed by atoms with Crippen LogP contribution in [0.4, 0.5) is 0 Å². The molecular weight excluding hydrogens is 208 g/mol. The van der Waals surface area contributed by atoms with Crippen LogP contribution in [0.5, 0.6) is 5.75 Å². The Morgan fingerprint density at radius 3 is 3.07 bits per heavy atom. The van der Waals surface area contributed by atoms with E-state index in [2.05, 4.69) is 11.3 Å². The van der Waals surface area contributed by atoms with Crippen molar-refractivity contribution in [2.75, 3.05) is 7.11 Å². The fourth-order valence-electron chi connectivity index (χ4n) is 1.34. The van der Waals surface area contributed by atoms with Crippen LogP contribution in [0, 0.1) is 12.3 Å². The van der Waals surface area contributed by atoms with E-state index in [9.17, 15) is 0 Å². The molecule has 0 bridgehead atoms. The van der Waals surface area contributed by atoms with Crippen molar-refractivity contribution in [1.29, 1.82) is 0 Å². The predicted molar refractivity (Wildman–Crippen MR) is 63.6 cm³/mol. The first-order valence-electron chi connectivity index (χ1n) is 4.83. The first kappa shape index (κ1) is 12.1. The molecule has 0 fully saturated rings. The smallest absolute Gasteiger partial charge is 0.129 e. The second-order valence-electron chi connectivity index (χ2n) is 3.20. The number of rotatable bonds is 6. The number of hydrogen-bond donors (Lipinski definition) is 2. The quantitative estimate of drug-likeness (QED) is 0.336. The van der Waals surface area contributed by atoms with Gasteiger partial charge in [-0.25, -0.2) is 0 Å². The van der Waals surface area contributed by atoms with Crippen molar-refractivity contribution in [2.24, 2.45) is 5.84 Å². The van der Waals surface area contributed by atoms with E-state index in [1.807, 2.05) is 11.4 Å². The Hall–Kier alpha value is -1.02. The van der Waals surface area contributed by atoms with E-state index < -0.39 is 0 Å². The lowest BCUT2D eigenvalue weighted by atomic mass is 10.1. The highest BCUT2D eigenvalue weighted by atomic mass is 32.1. The largest absolute Gasteiger partial charge is 0.496 e. The van der Waals surface area contributed by atoms with E-state index in [0.29, 0.717) is 0 Å². The van der Waals surface area contributed by atoms with Crippen LogP contribution in [0.15, 0.2) is 11.4 Å². The predicted octanol–water partition coefficient (Wildman–Crippen LogP) is 2.06. The maximum absolute atomic E-state index is 5.50. The molecule has 0 aliphatic rings. The average Bonchev–Trinajstić information content (AvgIpc) is 2.73. The van der Waals surface area contributed by atoms with Gasteiger partial charge in [-0.2, -0.15) is 0 Å². The molecule has 0 aromatic carbocycles. The molecule has 1 atom stereocenters. The summed E-state index contributed by atoms with van der Waals surface area (Å²) in [6, 6.07) is 2.18. The van der Waals surface area contributed by atoms with Crippen LogP contribution in [-0.2, 0) is 0 Å². The van der Waals surface area contributed by atoms with Gasteiger partial charge in [-0.1, -0.05) is 0 Å². The average molecular weight is 224 g/mol. The number of ether oxygens (including phenoxy) is 1. The Balaban J connectivity index is 2.54. The third-order valence-corrected chi connectivity index (χ3v) is 3.21. The van der Waals surface area contributed by atoms with Crippen molar-refractivity contribution in [3.63, 3.8) is 0 Å². The molecule has 1 unspecified atom stereocenters. The fraction of sp³-hybridized carbons (Fsp3) is 0.455. The van der Waals surface area contributed by atoms with Crippen molar-refractivity contribution in [1.82, 2.24) is 5.43 Å². The van der Waals surface area contributed by atoms with Crippen LogP contribution in [0.3, 0.4) is 0 Å². The summed E-state index contributed by atoms with van der Waals surface area (Å²) in [5.74, 6) is 9.01. The molecule has 0 radical (unpaired) electrons. The number of unbranched alkanes of at least 4 members (excludes halogenated alkanes) is 1. The van der Waals surface area contributed by atoms with Crippen LogP contribution >= 0.6 is 11.3 Å². The molecule has 1 rings (SSSR count). The number of hydrogen-bond acceptors (Lipinski definition) is 4. The first-order chi connectivity index (χ1) is 7.31. The van der Waals surface area contributed by atoms with Crippen molar-refractivity contribution >= 4 is 11.3 Å². The van der Waals surface area contributed by atoms with Gasteiger partial charge in [-0.15, -0.1) is 23.7 Å². The summed E-state index contributed by atoms with van der Waals surface area (Å²) in [6.07, 6.45) is 7.92. The third-order valence-electron chi connectivity index (χ3n) is 2.19. The van der Waals surface area contributed by atoms with Gasteiger partial charge in [-0.3, -0.25) is 11.3 Å². The summed E-state index contributed by atoms with van der Waals surface area (Å²) in [7, 11) is 1.66. The van der Waals surface area contributed by atoms with E-state index in [0.717, 1.165) is 25.0 Å². The lowest BCUT2D eigenvalue weighted by Gasteiger charge is -2.12. The Morgan fingerprint density at radius 2 is 2.53 bits per heavy atom. The van der Waals surface area contributed by atoms with Crippen molar-refractivity contribution in [3.05, 3.63) is 16.3 Å². The molecule has 82 valence electrons. The van der Waals surface area contributed by atoms with Crippen LogP contribution in [0.2, 0.25) is 0 Å². The van der Waals surface area contributed by atoms with Gasteiger partial charge in [0, 0.05) is 16.7 Å². The number of hydrazine groups is 1. The molecule has 1 heterocycles. The molecule has 3 nitrogen and oxygen atoms in total. The molecule has 0 spiro atoms. The lowest BCUT2D eigenvalue weighted by Crippen LogP contribution is -2.27. The normalized spacial score (nSPS) is 12.1. The summed E-state index contributed by atoms with van der Waals surface area (Å²) in [4.78, 5) is 1.19. The SMILES string of the molecule is C#CCCCC(NN)c1cc(OC)cs1. The van der Waals surface area contributed by atoms with Crippen molar-refractivity contribution in [3.8, 4) is 18.1 Å². The van der Waals surface area contributed by atoms with E-state index in [1.165, 1.54) is 4.88 Å². The second-order valence-corrected chi connectivity index (χ2v) is 4.15. The minimum absolute atomic E-state index is 0.173. The molecule has 0 saturated carbocycles. The number of nitrogens with two attached hydrogens (primary N) is 1. The summed E-state index contributed by atoms with van der Waals surface area (Å²) >= 11 is 1.65. The van der Waals surface area contributed by atoms with Gasteiger partial charge in [0.05, 0.1) is 13.2 Å². The van der Waals surface area contributed by atoms with Crippen molar-refractivity contribution < 1.29 is 4.74 Å². The van der Waals surface area contributed by atoms with Gasteiger partial charge in [0.15, 0.2) is 0 Å². The van der Waals surface area contributed by atoms with Gasteiger partial charge in [0.1, 0.15) is 5.75 Å². The highest BCUT2D eigenvalue weighted by Crippen LogP contribution is 2.29. The zero-order chi connectivity index (χ0) is 11.1. The first-order valence-corrected chi connectivity index (χ1v) is 5.71. The molecule has 3 N–H and O–H groups in total. The van der Waals surface area contributed by atoms with Gasteiger partial charge in [-0.05, 0) is 18.9 Å². The summed E-state index contributed by atoms with van der Waals surface area (Å²) in [5, 5.41) is 1.97. The second kappa shape index (κ2) is 6.46. The molecule has 0 aliphatic carbocycles. The maximum Gasteiger partial charge on any atom is 0.129 e. The zero-order valence-electron chi connectivity index (χ0n) is 8.82. The van der Waals surface area contributed by atoms with E-state index in [4.69, 9.17) is 17.0 Å². The zero-order valence-corrected chi connectivity index (χ0v) is 9.64. The maximum atomic E-state index is 5.50. The topological polar surface area (TPSA) is 47.3 Å². The van der Waals surface area contributed by atoms with E-state index in [-0.39, 0.29) is 6.04 Å². The number of thiophene rings is 1. The van der Waals surface area contributed by atoms with Crippen LogP contribution in [-0.4, -0.2) is 7.11 Å². The van der Waals surface area contributed by atoms with Crippen LogP contribution in [0.1, 0.15) is 30.2 Å². The Labute approximate surface area is 94.6 Å². The van der Waals surface area contributed by atoms with Gasteiger partial charge >= 0.3 is 0 Å². The standard InChI is InChI=1S/C11H16N2OS/c1-3-4-5-6-10(13-12)11-7-9(14-2)8-15-11/h1,7-8,10,13H,4-6,12H2,2H3. The molecule has 1 aromatic rings. The van der Waals surface area contributed by atoms with Crippen LogP contribution in [0.25, 0.3) is 0 Å².